The molecule has 3 heterocycles. The number of carbonyl (C=O) groups is 1. The molecule has 6 nitrogen and oxygen atoms in total. The number of aromatic nitrogens is 2. The van der Waals surface area contributed by atoms with Gasteiger partial charge < -0.3 is 14.8 Å². The summed E-state index contributed by atoms with van der Waals surface area (Å²) < 4.78 is 10.9. The van der Waals surface area contributed by atoms with Crippen molar-refractivity contribution < 1.29 is 14.3 Å². The molecule has 0 radical (unpaired) electrons. The van der Waals surface area contributed by atoms with Crippen molar-refractivity contribution >= 4 is 27.5 Å². The molecule has 0 fully saturated rings. The maximum atomic E-state index is 12.9. The number of nitrogens with one attached hydrogen (secondary N) is 1. The van der Waals surface area contributed by atoms with Gasteiger partial charge in [0.25, 0.3) is 5.91 Å². The molecule has 0 bridgehead atoms. The van der Waals surface area contributed by atoms with Crippen LogP contribution >= 0.6 is 11.3 Å². The van der Waals surface area contributed by atoms with Crippen molar-refractivity contribution in [3.8, 4) is 11.5 Å². The Balaban J connectivity index is 1.55. The van der Waals surface area contributed by atoms with Gasteiger partial charge in [0, 0.05) is 23.0 Å². The summed E-state index contributed by atoms with van der Waals surface area (Å²) in [6, 6.07) is 5.92. The van der Waals surface area contributed by atoms with Gasteiger partial charge >= 0.3 is 0 Å². The quantitative estimate of drug-likeness (QED) is 0.719. The van der Waals surface area contributed by atoms with Crippen molar-refractivity contribution in [3.05, 3.63) is 45.7 Å². The first-order valence-corrected chi connectivity index (χ1v) is 10.0. The maximum Gasteiger partial charge on any atom is 0.261 e. The number of nitrogens with zero attached hydrogens (tertiary/aromatic N) is 2. The molecule has 0 saturated heterocycles. The standard InChI is InChI=1S/C21H23N3O3S/c1-11-17-12(2)23-13(3)24-20(17)28-18(11)19(25)22-9-21(4,5)14-6-7-15-16(8-14)27-10-26-15/h6-8H,9-10H2,1-5H3,(H,22,25). The van der Waals surface area contributed by atoms with Gasteiger partial charge in [-0.3, -0.25) is 4.79 Å². The first kappa shape index (κ1) is 18.7. The second-order valence-corrected chi connectivity index (χ2v) is 8.73. The van der Waals surface area contributed by atoms with E-state index in [2.05, 4.69) is 29.1 Å². The Morgan fingerprint density at radius 3 is 2.71 bits per heavy atom. The molecule has 0 spiro atoms. The largest absolute Gasteiger partial charge is 0.454 e. The molecular formula is C21H23N3O3S. The zero-order valence-corrected chi connectivity index (χ0v) is 17.5. The highest BCUT2D eigenvalue weighted by atomic mass is 32.1. The zero-order chi connectivity index (χ0) is 20.1. The minimum Gasteiger partial charge on any atom is -0.454 e. The highest BCUT2D eigenvalue weighted by Crippen LogP contribution is 2.36. The number of rotatable bonds is 4. The Bertz CT molecular complexity index is 1090. The summed E-state index contributed by atoms with van der Waals surface area (Å²) in [6.45, 7) is 10.7. The van der Waals surface area contributed by atoms with Gasteiger partial charge in [0.1, 0.15) is 10.7 Å². The molecule has 28 heavy (non-hydrogen) atoms. The molecular weight excluding hydrogens is 374 g/mol. The van der Waals surface area contributed by atoms with Crippen LogP contribution in [0.25, 0.3) is 10.2 Å². The second kappa shape index (κ2) is 6.74. The van der Waals surface area contributed by atoms with Crippen molar-refractivity contribution in [3.63, 3.8) is 0 Å². The number of ether oxygens (including phenoxy) is 2. The third-order valence-electron chi connectivity index (χ3n) is 5.13. The fourth-order valence-corrected chi connectivity index (χ4v) is 4.69. The summed E-state index contributed by atoms with van der Waals surface area (Å²) in [7, 11) is 0. The molecule has 0 aliphatic carbocycles. The summed E-state index contributed by atoms with van der Waals surface area (Å²) in [6.07, 6.45) is 0. The molecule has 4 rings (SSSR count). The third-order valence-corrected chi connectivity index (χ3v) is 6.32. The van der Waals surface area contributed by atoms with E-state index in [1.807, 2.05) is 39.0 Å². The SMILES string of the molecule is Cc1nc(C)c2c(C)c(C(=O)NCC(C)(C)c3ccc4c(c3)OCO4)sc2n1. The van der Waals surface area contributed by atoms with Crippen LogP contribution in [0.2, 0.25) is 0 Å². The van der Waals surface area contributed by atoms with Crippen LogP contribution in [0.3, 0.4) is 0 Å². The molecule has 0 unspecified atom stereocenters. The van der Waals surface area contributed by atoms with E-state index in [4.69, 9.17) is 9.47 Å². The molecule has 3 aromatic rings. The predicted octanol–water partition coefficient (Wildman–Crippen LogP) is 4.05. The topological polar surface area (TPSA) is 73.3 Å². The third kappa shape index (κ3) is 3.20. The van der Waals surface area contributed by atoms with E-state index in [9.17, 15) is 4.79 Å². The van der Waals surface area contributed by atoms with Gasteiger partial charge in [-0.25, -0.2) is 9.97 Å². The lowest BCUT2D eigenvalue weighted by molar-refractivity contribution is 0.0949. The van der Waals surface area contributed by atoms with Crippen LogP contribution in [0.4, 0.5) is 0 Å². The van der Waals surface area contributed by atoms with Gasteiger partial charge in [0.15, 0.2) is 11.5 Å². The van der Waals surface area contributed by atoms with Gasteiger partial charge in [-0.1, -0.05) is 19.9 Å². The number of hydrogen-bond acceptors (Lipinski definition) is 6. The van der Waals surface area contributed by atoms with Gasteiger partial charge in [0.05, 0.1) is 4.88 Å². The lowest BCUT2D eigenvalue weighted by atomic mass is 9.84. The molecule has 0 saturated carbocycles. The van der Waals surface area contributed by atoms with Crippen LogP contribution in [-0.2, 0) is 5.41 Å². The van der Waals surface area contributed by atoms with E-state index in [1.54, 1.807) is 0 Å². The average molecular weight is 398 g/mol. The van der Waals surface area contributed by atoms with E-state index in [0.29, 0.717) is 11.4 Å². The smallest absolute Gasteiger partial charge is 0.261 e. The van der Waals surface area contributed by atoms with Crippen LogP contribution < -0.4 is 14.8 Å². The molecule has 0 atom stereocenters. The van der Waals surface area contributed by atoms with Crippen LogP contribution in [-0.4, -0.2) is 29.2 Å². The number of aryl methyl sites for hydroxylation is 3. The molecule has 1 aliphatic heterocycles. The van der Waals surface area contributed by atoms with E-state index >= 15 is 0 Å². The maximum absolute atomic E-state index is 12.9. The van der Waals surface area contributed by atoms with Crippen molar-refractivity contribution in [2.75, 3.05) is 13.3 Å². The summed E-state index contributed by atoms with van der Waals surface area (Å²) in [5.41, 5.74) is 2.68. The van der Waals surface area contributed by atoms with Gasteiger partial charge in [-0.2, -0.15) is 0 Å². The Hall–Kier alpha value is -2.67. The molecule has 2 aromatic heterocycles. The van der Waals surface area contributed by atoms with Crippen molar-refractivity contribution in [2.24, 2.45) is 0 Å². The summed E-state index contributed by atoms with van der Waals surface area (Å²) in [5.74, 6) is 2.16. The second-order valence-electron chi connectivity index (χ2n) is 7.73. The summed E-state index contributed by atoms with van der Waals surface area (Å²) in [4.78, 5) is 23.4. The first-order chi connectivity index (χ1) is 13.3. The van der Waals surface area contributed by atoms with Gasteiger partial charge in [-0.05, 0) is 44.0 Å². The number of fused-ring (bicyclic) bond motifs is 2. The molecule has 1 amide bonds. The fraction of sp³-hybridized carbons (Fsp3) is 0.381. The molecule has 1 aliphatic rings. The monoisotopic (exact) mass is 397 g/mol. The number of benzene rings is 1. The fourth-order valence-electron chi connectivity index (χ4n) is 3.49. The Kier molecular flexibility index (Phi) is 4.50. The number of carbonyl (C=O) groups excluding carboxylic acids is 1. The van der Waals surface area contributed by atoms with Crippen LogP contribution in [0, 0.1) is 20.8 Å². The van der Waals surface area contributed by atoms with Crippen molar-refractivity contribution in [1.29, 1.82) is 0 Å². The summed E-state index contributed by atoms with van der Waals surface area (Å²) in [5, 5.41) is 4.07. The van der Waals surface area contributed by atoms with E-state index < -0.39 is 0 Å². The van der Waals surface area contributed by atoms with E-state index in [0.717, 1.165) is 44.4 Å². The van der Waals surface area contributed by atoms with Gasteiger partial charge in [0.2, 0.25) is 6.79 Å². The highest BCUT2D eigenvalue weighted by Gasteiger charge is 2.26. The normalized spacial score (nSPS) is 13.2. The molecule has 1 N–H and O–H groups in total. The minimum absolute atomic E-state index is 0.0774. The lowest BCUT2D eigenvalue weighted by Crippen LogP contribution is -2.36. The van der Waals surface area contributed by atoms with Crippen LogP contribution in [0.15, 0.2) is 18.2 Å². The van der Waals surface area contributed by atoms with Crippen LogP contribution in [0.5, 0.6) is 11.5 Å². The number of amides is 1. The molecule has 1 aromatic carbocycles. The lowest BCUT2D eigenvalue weighted by Gasteiger charge is -2.26. The average Bonchev–Trinajstić information content (AvgIpc) is 3.23. The zero-order valence-electron chi connectivity index (χ0n) is 16.7. The predicted molar refractivity (Wildman–Crippen MR) is 110 cm³/mol. The minimum atomic E-state index is -0.256. The molecule has 146 valence electrons. The first-order valence-electron chi connectivity index (χ1n) is 9.19. The number of thiophene rings is 1. The van der Waals surface area contributed by atoms with E-state index in [1.165, 1.54) is 11.3 Å². The van der Waals surface area contributed by atoms with Gasteiger partial charge in [-0.15, -0.1) is 11.3 Å². The highest BCUT2D eigenvalue weighted by molar-refractivity contribution is 7.20. The van der Waals surface area contributed by atoms with E-state index in [-0.39, 0.29) is 18.1 Å². The molecule has 7 heteroatoms. The van der Waals surface area contributed by atoms with Crippen molar-refractivity contribution in [1.82, 2.24) is 15.3 Å². The van der Waals surface area contributed by atoms with Crippen molar-refractivity contribution in [2.45, 2.75) is 40.0 Å². The van der Waals surface area contributed by atoms with Crippen LogP contribution in [0.1, 0.15) is 46.2 Å². The number of hydrogen-bond donors (Lipinski definition) is 1. The summed E-state index contributed by atoms with van der Waals surface area (Å²) >= 11 is 1.42. The Morgan fingerprint density at radius 2 is 1.93 bits per heavy atom. The Labute approximate surface area is 167 Å². The Morgan fingerprint density at radius 1 is 1.18 bits per heavy atom.